The van der Waals surface area contributed by atoms with Crippen LogP contribution in [0.25, 0.3) is 0 Å². The third-order valence-corrected chi connectivity index (χ3v) is 3.24. The van der Waals surface area contributed by atoms with Gasteiger partial charge in [0.15, 0.2) is 0 Å². The number of rotatable bonds is 7. The van der Waals surface area contributed by atoms with E-state index in [2.05, 4.69) is 21.7 Å². The maximum atomic E-state index is 11.7. The van der Waals surface area contributed by atoms with Gasteiger partial charge in [-0.3, -0.25) is 4.98 Å². The van der Waals surface area contributed by atoms with Crippen LogP contribution < -0.4 is 15.4 Å². The standard InChI is InChI=1S/C18H23N3O2/c1-14-11-15(2)13-17(12-14)23-10-9-21-18(22)20-8-6-16-5-3-4-7-19-16/h3-5,7,11-13H,6,8-10H2,1-2H3,(H2,20,21,22). The van der Waals surface area contributed by atoms with Crippen molar-refractivity contribution in [1.29, 1.82) is 0 Å². The smallest absolute Gasteiger partial charge is 0.314 e. The van der Waals surface area contributed by atoms with Gasteiger partial charge in [-0.25, -0.2) is 4.79 Å². The van der Waals surface area contributed by atoms with E-state index in [9.17, 15) is 4.79 Å². The number of urea groups is 1. The van der Waals surface area contributed by atoms with Crippen molar-refractivity contribution in [2.75, 3.05) is 19.7 Å². The largest absolute Gasteiger partial charge is 0.492 e. The molecule has 122 valence electrons. The number of nitrogens with one attached hydrogen (secondary N) is 2. The molecule has 0 bridgehead atoms. The number of aromatic nitrogens is 1. The van der Waals surface area contributed by atoms with Gasteiger partial charge in [-0.1, -0.05) is 12.1 Å². The Hall–Kier alpha value is -2.56. The lowest BCUT2D eigenvalue weighted by molar-refractivity contribution is 0.236. The second-order valence-corrected chi connectivity index (χ2v) is 5.43. The van der Waals surface area contributed by atoms with Gasteiger partial charge in [0.05, 0.1) is 6.54 Å². The van der Waals surface area contributed by atoms with Crippen molar-refractivity contribution < 1.29 is 9.53 Å². The predicted molar refractivity (Wildman–Crippen MR) is 90.8 cm³/mol. The monoisotopic (exact) mass is 313 g/mol. The molecule has 0 aliphatic rings. The van der Waals surface area contributed by atoms with Crippen LogP contribution in [0.1, 0.15) is 16.8 Å². The molecule has 2 N–H and O–H groups in total. The summed E-state index contributed by atoms with van der Waals surface area (Å²) in [6, 6.07) is 11.6. The lowest BCUT2D eigenvalue weighted by Gasteiger charge is -2.10. The fourth-order valence-electron chi connectivity index (χ4n) is 2.26. The zero-order valence-electron chi connectivity index (χ0n) is 13.6. The van der Waals surface area contributed by atoms with E-state index in [-0.39, 0.29) is 6.03 Å². The minimum absolute atomic E-state index is 0.190. The zero-order valence-corrected chi connectivity index (χ0v) is 13.6. The molecule has 0 aliphatic heterocycles. The van der Waals surface area contributed by atoms with Crippen LogP contribution >= 0.6 is 0 Å². The van der Waals surface area contributed by atoms with Gasteiger partial charge in [0.25, 0.3) is 0 Å². The van der Waals surface area contributed by atoms with Gasteiger partial charge in [-0.2, -0.15) is 0 Å². The van der Waals surface area contributed by atoms with Crippen molar-refractivity contribution in [3.63, 3.8) is 0 Å². The molecule has 5 heteroatoms. The molecule has 0 spiro atoms. The quantitative estimate of drug-likeness (QED) is 0.772. The summed E-state index contributed by atoms with van der Waals surface area (Å²) in [6.45, 7) is 5.53. The molecule has 0 atom stereocenters. The zero-order chi connectivity index (χ0) is 16.5. The van der Waals surface area contributed by atoms with E-state index in [4.69, 9.17) is 4.74 Å². The second-order valence-electron chi connectivity index (χ2n) is 5.43. The molecule has 1 aromatic heterocycles. The van der Waals surface area contributed by atoms with Crippen LogP contribution in [0.2, 0.25) is 0 Å². The van der Waals surface area contributed by atoms with E-state index in [0.717, 1.165) is 11.4 Å². The number of pyridine rings is 1. The van der Waals surface area contributed by atoms with Crippen LogP contribution in [-0.4, -0.2) is 30.7 Å². The van der Waals surface area contributed by atoms with Crippen molar-refractivity contribution in [3.05, 3.63) is 59.4 Å². The lowest BCUT2D eigenvalue weighted by atomic mass is 10.1. The molecule has 1 heterocycles. The molecule has 0 saturated heterocycles. The van der Waals surface area contributed by atoms with Gasteiger partial charge in [-0.15, -0.1) is 0 Å². The van der Waals surface area contributed by atoms with E-state index in [1.807, 2.05) is 44.2 Å². The molecule has 2 aromatic rings. The van der Waals surface area contributed by atoms with Crippen molar-refractivity contribution in [2.45, 2.75) is 20.3 Å². The first-order valence-electron chi connectivity index (χ1n) is 7.76. The number of aryl methyl sites for hydroxylation is 2. The highest BCUT2D eigenvalue weighted by atomic mass is 16.5. The first-order chi connectivity index (χ1) is 11.1. The van der Waals surface area contributed by atoms with Gasteiger partial charge in [0.1, 0.15) is 12.4 Å². The summed E-state index contributed by atoms with van der Waals surface area (Å²) in [6.07, 6.45) is 2.47. The molecular weight excluding hydrogens is 290 g/mol. The van der Waals surface area contributed by atoms with Gasteiger partial charge in [0.2, 0.25) is 0 Å². The van der Waals surface area contributed by atoms with Crippen molar-refractivity contribution in [3.8, 4) is 5.75 Å². The summed E-state index contributed by atoms with van der Waals surface area (Å²) in [7, 11) is 0. The Morgan fingerprint density at radius 3 is 2.52 bits per heavy atom. The first kappa shape index (κ1) is 16.8. The van der Waals surface area contributed by atoms with Crippen molar-refractivity contribution >= 4 is 6.03 Å². The van der Waals surface area contributed by atoms with Crippen molar-refractivity contribution in [2.24, 2.45) is 0 Å². The molecule has 23 heavy (non-hydrogen) atoms. The Bertz CT molecular complexity index is 609. The highest BCUT2D eigenvalue weighted by Gasteiger charge is 2.01. The molecule has 5 nitrogen and oxygen atoms in total. The van der Waals surface area contributed by atoms with Crippen LogP contribution in [-0.2, 0) is 6.42 Å². The summed E-state index contributed by atoms with van der Waals surface area (Å²) >= 11 is 0. The number of carbonyl (C=O) groups excluding carboxylic acids is 1. The third kappa shape index (κ3) is 6.38. The molecule has 0 unspecified atom stereocenters. The molecule has 0 radical (unpaired) electrons. The van der Waals surface area contributed by atoms with E-state index in [0.29, 0.717) is 26.1 Å². The lowest BCUT2D eigenvalue weighted by Crippen LogP contribution is -2.38. The van der Waals surface area contributed by atoms with E-state index in [1.165, 1.54) is 11.1 Å². The summed E-state index contributed by atoms with van der Waals surface area (Å²) in [5, 5.41) is 5.58. The van der Waals surface area contributed by atoms with Crippen LogP contribution in [0.3, 0.4) is 0 Å². The highest BCUT2D eigenvalue weighted by molar-refractivity contribution is 5.73. The Morgan fingerprint density at radius 2 is 1.83 bits per heavy atom. The van der Waals surface area contributed by atoms with Gasteiger partial charge in [-0.05, 0) is 49.2 Å². The second kappa shape index (κ2) is 8.78. The molecule has 0 aliphatic carbocycles. The molecule has 1 aromatic carbocycles. The molecular formula is C18H23N3O2. The molecule has 2 rings (SSSR count). The van der Waals surface area contributed by atoms with E-state index in [1.54, 1.807) is 6.20 Å². The molecule has 0 fully saturated rings. The number of ether oxygens (including phenoxy) is 1. The number of hydrogen-bond acceptors (Lipinski definition) is 3. The summed E-state index contributed by atoms with van der Waals surface area (Å²) < 4.78 is 5.64. The highest BCUT2D eigenvalue weighted by Crippen LogP contribution is 2.15. The van der Waals surface area contributed by atoms with E-state index < -0.39 is 0 Å². The average molecular weight is 313 g/mol. The number of benzene rings is 1. The summed E-state index contributed by atoms with van der Waals surface area (Å²) in [5.74, 6) is 0.833. The summed E-state index contributed by atoms with van der Waals surface area (Å²) in [5.41, 5.74) is 3.30. The third-order valence-electron chi connectivity index (χ3n) is 3.24. The minimum Gasteiger partial charge on any atom is -0.492 e. The van der Waals surface area contributed by atoms with Gasteiger partial charge < -0.3 is 15.4 Å². The van der Waals surface area contributed by atoms with Crippen LogP contribution in [0.15, 0.2) is 42.6 Å². The Kier molecular flexibility index (Phi) is 6.41. The minimum atomic E-state index is -0.190. The SMILES string of the molecule is Cc1cc(C)cc(OCCNC(=O)NCCc2ccccn2)c1. The normalized spacial score (nSPS) is 10.2. The topological polar surface area (TPSA) is 63.2 Å². The fraction of sp³-hybridized carbons (Fsp3) is 0.333. The summed E-state index contributed by atoms with van der Waals surface area (Å²) in [4.78, 5) is 15.9. The molecule has 0 saturated carbocycles. The maximum absolute atomic E-state index is 11.7. The van der Waals surface area contributed by atoms with Crippen LogP contribution in [0.5, 0.6) is 5.75 Å². The predicted octanol–water partition coefficient (Wildman–Crippen LogP) is 2.62. The van der Waals surface area contributed by atoms with E-state index >= 15 is 0 Å². The number of hydrogen-bond donors (Lipinski definition) is 2. The first-order valence-corrected chi connectivity index (χ1v) is 7.76. The number of amides is 2. The van der Waals surface area contributed by atoms with Crippen molar-refractivity contribution in [1.82, 2.24) is 15.6 Å². The Morgan fingerprint density at radius 1 is 1.09 bits per heavy atom. The average Bonchev–Trinajstić information content (AvgIpc) is 2.52. The maximum Gasteiger partial charge on any atom is 0.314 e. The molecule has 2 amide bonds. The number of carbonyl (C=O) groups is 1. The number of nitrogens with zero attached hydrogens (tertiary/aromatic N) is 1. The van der Waals surface area contributed by atoms with Gasteiger partial charge >= 0.3 is 6.03 Å². The Labute approximate surface area is 137 Å². The fourth-order valence-corrected chi connectivity index (χ4v) is 2.26. The van der Waals surface area contributed by atoms with Crippen LogP contribution in [0, 0.1) is 13.8 Å². The Balaban J connectivity index is 1.59. The van der Waals surface area contributed by atoms with Gasteiger partial charge in [0, 0.05) is 24.9 Å². The van der Waals surface area contributed by atoms with Crippen LogP contribution in [0.4, 0.5) is 4.79 Å².